The van der Waals surface area contributed by atoms with Crippen LogP contribution in [-0.4, -0.2) is 60.0 Å². The minimum Gasteiger partial charge on any atom is -0.389 e. The first-order valence-electron chi connectivity index (χ1n) is 11.2. The summed E-state index contributed by atoms with van der Waals surface area (Å²) in [4.78, 5) is 26.0. The summed E-state index contributed by atoms with van der Waals surface area (Å²) in [5.74, 6) is 1.04. The number of aromatic nitrogens is 5. The molecule has 4 aromatic rings. The van der Waals surface area contributed by atoms with Crippen molar-refractivity contribution in [3.63, 3.8) is 0 Å². The van der Waals surface area contributed by atoms with Crippen LogP contribution in [0.1, 0.15) is 41.5 Å². The van der Waals surface area contributed by atoms with Gasteiger partial charge in [0.15, 0.2) is 12.1 Å². The fourth-order valence-electron chi connectivity index (χ4n) is 4.15. The van der Waals surface area contributed by atoms with E-state index in [4.69, 9.17) is 4.84 Å². The summed E-state index contributed by atoms with van der Waals surface area (Å²) in [5, 5.41) is 20.1. The first-order chi connectivity index (χ1) is 16.4. The summed E-state index contributed by atoms with van der Waals surface area (Å²) in [5.41, 5.74) is 4.29. The number of aliphatic hydroxyl groups is 1. The third-order valence-corrected chi connectivity index (χ3v) is 5.89. The van der Waals surface area contributed by atoms with Crippen LogP contribution in [0.3, 0.4) is 0 Å². The first-order valence-corrected chi connectivity index (χ1v) is 11.2. The van der Waals surface area contributed by atoms with Crippen molar-refractivity contribution in [2.45, 2.75) is 39.5 Å². The zero-order valence-corrected chi connectivity index (χ0v) is 19.3. The van der Waals surface area contributed by atoms with Crippen molar-refractivity contribution < 1.29 is 14.7 Å². The maximum Gasteiger partial charge on any atom is 0.229 e. The number of aryl methyl sites for hydroxylation is 1. The van der Waals surface area contributed by atoms with Gasteiger partial charge in [0.1, 0.15) is 0 Å². The minimum atomic E-state index is -0.461. The average Bonchev–Trinajstić information content (AvgIpc) is 3.51. The number of β-amino-alcohol motifs (C(OH)–C–C–N with tert-alkyl or cyclic N) is 1. The highest BCUT2D eigenvalue weighted by molar-refractivity contribution is 5.99. The molecule has 34 heavy (non-hydrogen) atoms. The van der Waals surface area contributed by atoms with Crippen molar-refractivity contribution in [1.29, 1.82) is 0 Å². The quantitative estimate of drug-likeness (QED) is 0.404. The number of aliphatic hydroxyl groups excluding tert-OH is 1. The number of anilines is 2. The van der Waals surface area contributed by atoms with Gasteiger partial charge in [-0.1, -0.05) is 0 Å². The Labute approximate surface area is 196 Å². The Morgan fingerprint density at radius 1 is 1.29 bits per heavy atom. The van der Waals surface area contributed by atoms with Crippen molar-refractivity contribution in [2.75, 3.05) is 18.5 Å². The summed E-state index contributed by atoms with van der Waals surface area (Å²) < 4.78 is 3.80. The molecular weight excluding hydrogens is 434 g/mol. The molecule has 2 N–H and O–H groups in total. The highest BCUT2D eigenvalue weighted by Gasteiger charge is 2.23. The van der Waals surface area contributed by atoms with Crippen LogP contribution in [0, 0.1) is 6.92 Å². The molecule has 4 heterocycles. The molecule has 1 saturated heterocycles. The van der Waals surface area contributed by atoms with Crippen molar-refractivity contribution in [2.24, 2.45) is 0 Å². The molecule has 1 aromatic carbocycles. The number of fused-ring (bicyclic) bond motifs is 1. The van der Waals surface area contributed by atoms with Crippen molar-refractivity contribution >= 4 is 28.8 Å². The number of hydrogen-bond acceptors (Lipinski definition) is 8. The number of rotatable bonds is 7. The molecule has 0 amide bonds. The van der Waals surface area contributed by atoms with Crippen LogP contribution in [0.25, 0.3) is 16.7 Å². The molecule has 176 valence electrons. The topological polar surface area (TPSA) is 110 Å². The Hall–Kier alpha value is -3.60. The van der Waals surface area contributed by atoms with Gasteiger partial charge in [-0.15, -0.1) is 0 Å². The maximum atomic E-state index is 11.6. The summed E-state index contributed by atoms with van der Waals surface area (Å²) in [7, 11) is 0. The van der Waals surface area contributed by atoms with Gasteiger partial charge in [-0.3, -0.25) is 9.63 Å². The number of nitrogens with zero attached hydrogens (tertiary/aromatic N) is 6. The van der Waals surface area contributed by atoms with E-state index in [9.17, 15) is 9.90 Å². The van der Waals surface area contributed by atoms with Crippen LogP contribution in [-0.2, 0) is 11.4 Å². The third kappa shape index (κ3) is 4.30. The van der Waals surface area contributed by atoms with Gasteiger partial charge in [0.05, 0.1) is 31.5 Å². The van der Waals surface area contributed by atoms with Crippen LogP contribution in [0.5, 0.6) is 0 Å². The van der Waals surface area contributed by atoms with Gasteiger partial charge in [-0.2, -0.15) is 15.1 Å². The predicted octanol–water partition coefficient (Wildman–Crippen LogP) is 3.17. The van der Waals surface area contributed by atoms with Gasteiger partial charge in [-0.05, 0) is 39.0 Å². The van der Waals surface area contributed by atoms with E-state index in [0.717, 1.165) is 34.1 Å². The summed E-state index contributed by atoms with van der Waals surface area (Å²) in [6.45, 7) is 7.43. The lowest BCUT2D eigenvalue weighted by Crippen LogP contribution is -2.20. The Bertz CT molecular complexity index is 1340. The number of carbonyl (C=O) groups excluding carboxylic acids is 1. The molecule has 0 aliphatic carbocycles. The Kier molecular flexibility index (Phi) is 5.86. The number of nitrogens with one attached hydrogen (secondary N) is 1. The molecular formula is C24H27N7O3. The van der Waals surface area contributed by atoms with E-state index < -0.39 is 6.10 Å². The molecule has 0 spiro atoms. The van der Waals surface area contributed by atoms with E-state index in [1.54, 1.807) is 22.0 Å². The van der Waals surface area contributed by atoms with Gasteiger partial charge in [-0.25, -0.2) is 9.67 Å². The van der Waals surface area contributed by atoms with Gasteiger partial charge < -0.3 is 15.0 Å². The second kappa shape index (κ2) is 8.98. The lowest BCUT2D eigenvalue weighted by atomic mass is 10.1. The predicted molar refractivity (Wildman–Crippen MR) is 127 cm³/mol. The van der Waals surface area contributed by atoms with Gasteiger partial charge in [0.2, 0.25) is 5.95 Å². The summed E-state index contributed by atoms with van der Waals surface area (Å²) in [6.07, 6.45) is 5.89. The molecule has 0 saturated carbocycles. The largest absolute Gasteiger partial charge is 0.389 e. The van der Waals surface area contributed by atoms with Gasteiger partial charge in [0.25, 0.3) is 0 Å². The fourth-order valence-corrected chi connectivity index (χ4v) is 4.15. The molecule has 0 bridgehead atoms. The van der Waals surface area contributed by atoms with Crippen molar-refractivity contribution in [3.05, 3.63) is 59.7 Å². The molecule has 1 aliphatic rings. The first kappa shape index (κ1) is 22.2. The van der Waals surface area contributed by atoms with E-state index >= 15 is 0 Å². The van der Waals surface area contributed by atoms with E-state index in [1.165, 1.54) is 0 Å². The Balaban J connectivity index is 1.38. The van der Waals surface area contributed by atoms with Crippen LogP contribution in [0.15, 0.2) is 42.9 Å². The fraction of sp³-hybridized carbons (Fsp3) is 0.333. The Morgan fingerprint density at radius 3 is 2.88 bits per heavy atom. The standard InChI is InChI=1S/C24H27N7O3/c1-15(2)30-10-18(13-32)21-8-19(4-5-22(21)30)26-24-25-7-6-23(27-24)31-11-17(16(3)28-31)9-29-12-20(33)14-34-29/h4-8,10-11,13,15,20,33H,9,12,14H2,1-3H3,(H,25,26,27). The van der Waals surface area contributed by atoms with Crippen LogP contribution in [0.2, 0.25) is 0 Å². The molecule has 1 fully saturated rings. The molecule has 3 aromatic heterocycles. The highest BCUT2D eigenvalue weighted by atomic mass is 16.7. The number of benzene rings is 1. The molecule has 10 heteroatoms. The summed E-state index contributed by atoms with van der Waals surface area (Å²) >= 11 is 0. The second-order valence-corrected chi connectivity index (χ2v) is 8.76. The zero-order valence-electron chi connectivity index (χ0n) is 19.3. The van der Waals surface area contributed by atoms with Crippen LogP contribution in [0.4, 0.5) is 11.6 Å². The lowest BCUT2D eigenvalue weighted by molar-refractivity contribution is -0.118. The number of hydroxylamine groups is 2. The summed E-state index contributed by atoms with van der Waals surface area (Å²) in [6, 6.07) is 7.92. The zero-order chi connectivity index (χ0) is 23.8. The van der Waals surface area contributed by atoms with Crippen molar-refractivity contribution in [3.8, 4) is 5.82 Å². The van der Waals surface area contributed by atoms with E-state index in [2.05, 4.69) is 38.8 Å². The smallest absolute Gasteiger partial charge is 0.229 e. The molecule has 1 unspecified atom stereocenters. The van der Waals surface area contributed by atoms with Crippen LogP contribution >= 0.6 is 0 Å². The number of carbonyl (C=O) groups is 1. The van der Waals surface area contributed by atoms with Crippen molar-refractivity contribution in [1.82, 2.24) is 29.4 Å². The normalized spacial score (nSPS) is 16.6. The van der Waals surface area contributed by atoms with E-state index in [-0.39, 0.29) is 6.04 Å². The van der Waals surface area contributed by atoms with E-state index in [1.807, 2.05) is 37.5 Å². The third-order valence-electron chi connectivity index (χ3n) is 5.89. The second-order valence-electron chi connectivity index (χ2n) is 8.76. The maximum absolute atomic E-state index is 11.6. The molecule has 1 aliphatic heterocycles. The average molecular weight is 462 g/mol. The molecule has 10 nitrogen and oxygen atoms in total. The van der Waals surface area contributed by atoms with E-state index in [0.29, 0.717) is 37.0 Å². The number of aldehydes is 1. The highest BCUT2D eigenvalue weighted by Crippen LogP contribution is 2.28. The monoisotopic (exact) mass is 461 g/mol. The lowest BCUT2D eigenvalue weighted by Gasteiger charge is -2.12. The molecule has 5 rings (SSSR count). The molecule has 0 radical (unpaired) electrons. The number of hydrogen-bond donors (Lipinski definition) is 2. The Morgan fingerprint density at radius 2 is 2.15 bits per heavy atom. The minimum absolute atomic E-state index is 0.250. The van der Waals surface area contributed by atoms with Gasteiger partial charge in [0, 0.05) is 58.4 Å². The van der Waals surface area contributed by atoms with Gasteiger partial charge >= 0.3 is 0 Å². The SMILES string of the molecule is Cc1nn(-c2ccnc(Nc3ccc4c(c3)c(C=O)cn4C(C)C)n2)cc1CN1CC(O)CO1. The molecule has 1 atom stereocenters. The van der Waals surface area contributed by atoms with Crippen LogP contribution < -0.4 is 5.32 Å².